The van der Waals surface area contributed by atoms with Crippen LogP contribution in [0, 0.1) is 0 Å². The van der Waals surface area contributed by atoms with Crippen LogP contribution in [0.3, 0.4) is 0 Å². The van der Waals surface area contributed by atoms with Crippen molar-refractivity contribution in [3.63, 3.8) is 0 Å². The van der Waals surface area contributed by atoms with Gasteiger partial charge in [-0.15, -0.1) is 0 Å². The average molecular weight is 649 g/mol. The number of anilines is 5. The van der Waals surface area contributed by atoms with E-state index in [4.69, 9.17) is 23.2 Å². The van der Waals surface area contributed by atoms with E-state index in [1.165, 1.54) is 12.1 Å². The maximum atomic E-state index is 13.1. The third-order valence-corrected chi connectivity index (χ3v) is 7.38. The molecule has 1 amide bonds. The van der Waals surface area contributed by atoms with Crippen molar-refractivity contribution in [2.45, 2.75) is 17.9 Å². The molecule has 1 aliphatic rings. The quantitative estimate of drug-likeness (QED) is 0.144. The molecule has 4 aromatic rings. The summed E-state index contributed by atoms with van der Waals surface area (Å²) in [5.74, 6) is -0.239. The molecule has 1 unspecified atom stereocenters. The largest absolute Gasteiger partial charge is 0.324 e. The topological polar surface area (TPSA) is 166 Å². The van der Waals surface area contributed by atoms with Crippen molar-refractivity contribution in [3.05, 3.63) is 83.1 Å². The van der Waals surface area contributed by atoms with Gasteiger partial charge in [0.25, 0.3) is 16.0 Å². The minimum absolute atomic E-state index is 0. The van der Waals surface area contributed by atoms with Crippen molar-refractivity contribution in [3.8, 4) is 0 Å². The molecule has 0 aliphatic carbocycles. The van der Waals surface area contributed by atoms with Gasteiger partial charge in [-0.2, -0.15) is 43.7 Å². The van der Waals surface area contributed by atoms with Crippen LogP contribution in [0.1, 0.15) is 6.92 Å². The Balaban J connectivity index is 0.00000423. The van der Waals surface area contributed by atoms with E-state index in [0.717, 1.165) is 16.8 Å². The van der Waals surface area contributed by atoms with E-state index in [2.05, 4.69) is 35.6 Å². The molecule has 1 atom stereocenters. The summed E-state index contributed by atoms with van der Waals surface area (Å²) in [5.41, 5.74) is 1.51. The van der Waals surface area contributed by atoms with Crippen LogP contribution in [-0.2, 0) is 14.9 Å². The second-order valence-electron chi connectivity index (χ2n) is 8.87. The molecule has 215 valence electrons. The van der Waals surface area contributed by atoms with E-state index in [-0.39, 0.29) is 58.1 Å². The van der Waals surface area contributed by atoms with Crippen molar-refractivity contribution >= 4 is 109 Å². The maximum Gasteiger partial charge on any atom is 0.296 e. The predicted octanol–water partition coefficient (Wildman–Crippen LogP) is 5.43. The Morgan fingerprint density at radius 2 is 1.70 bits per heavy atom. The number of benzene rings is 3. The molecule has 2 N–H and O–H groups in total. The molecular formula is C26H21Cl2N9NaO4S. The van der Waals surface area contributed by atoms with Gasteiger partial charge in [0.2, 0.25) is 17.2 Å². The number of carbonyl (C=O) groups is 1. The molecule has 43 heavy (non-hydrogen) atoms. The van der Waals surface area contributed by atoms with Crippen LogP contribution >= 0.6 is 23.2 Å². The van der Waals surface area contributed by atoms with E-state index in [9.17, 15) is 17.8 Å². The summed E-state index contributed by atoms with van der Waals surface area (Å²) in [7, 11) is -2.95. The van der Waals surface area contributed by atoms with E-state index in [1.54, 1.807) is 43.1 Å². The number of aromatic nitrogens is 3. The molecule has 5 rings (SSSR count). The maximum absolute atomic E-state index is 13.1. The first kappa shape index (κ1) is 32.4. The molecule has 0 bridgehead atoms. The molecule has 3 aromatic carbocycles. The summed E-state index contributed by atoms with van der Waals surface area (Å²) in [5, 5.41) is 16.6. The number of carbonyl (C=O) groups excluding carboxylic acids is 1. The summed E-state index contributed by atoms with van der Waals surface area (Å²) < 4.78 is 34.0. The SMILES string of the molecule is CC1=NN(c2ccccc2Cl)C(=O)C1N=Nc1cc(Nc2nc(Cl)nc(N(C)c3ccccc3)n2)ccc1S(=O)(=O)O.[Na]. The van der Waals surface area contributed by atoms with Gasteiger partial charge >= 0.3 is 0 Å². The number of hydrogen-bond acceptors (Lipinski definition) is 11. The molecule has 0 spiro atoms. The Morgan fingerprint density at radius 1 is 1.00 bits per heavy atom. The number of hydrogen-bond donors (Lipinski definition) is 2. The molecule has 1 aromatic heterocycles. The summed E-state index contributed by atoms with van der Waals surface area (Å²) in [6.45, 7) is 1.58. The minimum Gasteiger partial charge on any atom is -0.324 e. The number of rotatable bonds is 8. The van der Waals surface area contributed by atoms with Crippen LogP contribution in [0.5, 0.6) is 0 Å². The van der Waals surface area contributed by atoms with Crippen molar-refractivity contribution in [2.24, 2.45) is 15.3 Å². The van der Waals surface area contributed by atoms with E-state index in [0.29, 0.717) is 16.4 Å². The van der Waals surface area contributed by atoms with Gasteiger partial charge in [0.15, 0.2) is 6.04 Å². The van der Waals surface area contributed by atoms with Crippen LogP contribution in [0.4, 0.5) is 34.6 Å². The van der Waals surface area contributed by atoms with Gasteiger partial charge in [-0.05, 0) is 61.0 Å². The van der Waals surface area contributed by atoms with Crippen LogP contribution in [0.15, 0.2) is 93.0 Å². The van der Waals surface area contributed by atoms with Gasteiger partial charge in [0.05, 0.1) is 16.4 Å². The molecular weight excluding hydrogens is 628 g/mol. The average Bonchev–Trinajstić information content (AvgIpc) is 3.23. The summed E-state index contributed by atoms with van der Waals surface area (Å²) >= 11 is 12.4. The molecule has 13 nitrogen and oxygen atoms in total. The first-order chi connectivity index (χ1) is 20.0. The smallest absolute Gasteiger partial charge is 0.296 e. The van der Waals surface area contributed by atoms with Crippen molar-refractivity contribution in [2.75, 3.05) is 22.3 Å². The third-order valence-electron chi connectivity index (χ3n) is 5.99. The summed E-state index contributed by atoms with van der Waals surface area (Å²) in [4.78, 5) is 26.9. The molecule has 1 radical (unpaired) electrons. The van der Waals surface area contributed by atoms with Gasteiger partial charge in [-0.3, -0.25) is 9.35 Å². The molecule has 0 saturated carbocycles. The number of para-hydroxylation sites is 2. The Labute approximate surface area is 278 Å². The second-order valence-corrected chi connectivity index (χ2v) is 11.0. The summed E-state index contributed by atoms with van der Waals surface area (Å²) in [6.07, 6.45) is 0. The molecule has 2 heterocycles. The Hall–Kier alpha value is -3.50. The number of halogens is 2. The van der Waals surface area contributed by atoms with E-state index < -0.39 is 27.0 Å². The predicted molar refractivity (Wildman–Crippen MR) is 165 cm³/mol. The van der Waals surface area contributed by atoms with E-state index >= 15 is 0 Å². The molecule has 17 heteroatoms. The fraction of sp³-hybridized carbons (Fsp3) is 0.115. The first-order valence-electron chi connectivity index (χ1n) is 12.1. The standard InChI is InChI=1S/C26H21Cl2N9O4S.Na/c1-15-22(23(38)37(35-15)20-11-7-6-10-18(20)27)34-33-19-14-16(12-13-21(19)42(39,40)41)29-25-30-24(28)31-26(32-25)36(2)17-8-4-3-5-9-17;/h3-14,22H,1-2H3,(H,39,40,41)(H,29,30,31,32);. The zero-order valence-corrected chi connectivity index (χ0v) is 27.2. The molecule has 1 aliphatic heterocycles. The Kier molecular flexibility index (Phi) is 10.1. The van der Waals surface area contributed by atoms with E-state index in [1.807, 2.05) is 30.3 Å². The van der Waals surface area contributed by atoms with Crippen LogP contribution < -0.4 is 15.2 Å². The number of hydrazone groups is 1. The zero-order chi connectivity index (χ0) is 30.0. The van der Waals surface area contributed by atoms with Gasteiger partial charge in [-0.1, -0.05) is 41.9 Å². The molecule has 0 saturated heterocycles. The normalized spacial score (nSPS) is 14.9. The van der Waals surface area contributed by atoms with Crippen LogP contribution in [-0.4, -0.2) is 82.2 Å². The van der Waals surface area contributed by atoms with Gasteiger partial charge < -0.3 is 10.2 Å². The van der Waals surface area contributed by atoms with Gasteiger partial charge in [0.1, 0.15) is 10.6 Å². The first-order valence-corrected chi connectivity index (χ1v) is 14.3. The van der Waals surface area contributed by atoms with Crippen molar-refractivity contribution in [1.82, 2.24) is 15.0 Å². The Bertz CT molecular complexity index is 1850. The number of nitrogens with one attached hydrogen (secondary N) is 1. The fourth-order valence-electron chi connectivity index (χ4n) is 3.94. The van der Waals surface area contributed by atoms with Crippen molar-refractivity contribution < 1.29 is 17.8 Å². The Morgan fingerprint density at radius 3 is 2.40 bits per heavy atom. The second kappa shape index (κ2) is 13.4. The monoisotopic (exact) mass is 648 g/mol. The van der Waals surface area contributed by atoms with Gasteiger partial charge in [-0.25, -0.2) is 0 Å². The van der Waals surface area contributed by atoms with Crippen molar-refractivity contribution in [1.29, 1.82) is 0 Å². The fourth-order valence-corrected chi connectivity index (χ4v) is 4.91. The number of nitrogens with zero attached hydrogens (tertiary/aromatic N) is 8. The van der Waals surface area contributed by atoms with Crippen LogP contribution in [0.2, 0.25) is 10.3 Å². The third kappa shape index (κ3) is 7.36. The number of azo groups is 1. The minimum atomic E-state index is -4.70. The summed E-state index contributed by atoms with van der Waals surface area (Å²) in [6, 6.07) is 18.6. The van der Waals surface area contributed by atoms with Crippen LogP contribution in [0.25, 0.3) is 0 Å². The number of amides is 1. The van der Waals surface area contributed by atoms with Gasteiger partial charge in [0, 0.05) is 48.0 Å². The zero-order valence-electron chi connectivity index (χ0n) is 22.9. The molecule has 0 fully saturated rings.